The van der Waals surface area contributed by atoms with Crippen LogP contribution in [0.5, 0.6) is 11.5 Å². The lowest BCUT2D eigenvalue weighted by Gasteiger charge is -2.15. The molecule has 0 radical (unpaired) electrons. The second kappa shape index (κ2) is 9.30. The minimum atomic E-state index is 0.188. The van der Waals surface area contributed by atoms with Crippen molar-refractivity contribution < 1.29 is 19.7 Å². The van der Waals surface area contributed by atoms with Gasteiger partial charge in [0.05, 0.1) is 14.2 Å². The van der Waals surface area contributed by atoms with E-state index in [0.717, 1.165) is 59.4 Å². The maximum absolute atomic E-state index is 8.98. The largest absolute Gasteiger partial charge is 0.496 e. The topological polar surface area (TPSA) is 58.9 Å². The maximum atomic E-state index is 8.98. The number of hydrogen-bond acceptors (Lipinski definition) is 4. The minimum absolute atomic E-state index is 0.188. The van der Waals surface area contributed by atoms with E-state index in [1.54, 1.807) is 14.2 Å². The summed E-state index contributed by atoms with van der Waals surface area (Å²) in [4.78, 5) is 0. The van der Waals surface area contributed by atoms with Crippen LogP contribution in [0.4, 0.5) is 0 Å². The summed E-state index contributed by atoms with van der Waals surface area (Å²) in [5, 5.41) is 18.0. The Morgan fingerprint density at radius 2 is 1.12 bits per heavy atom. The molecule has 2 aromatic rings. The van der Waals surface area contributed by atoms with Crippen LogP contribution < -0.4 is 9.47 Å². The standard InChI is InChI=1S/C20H26O4/c1-23-19-13-15(5-3-11-21)7-9-17(19)18-10-8-16(6-4-12-22)14-20(18)24-2/h7-10,13-14,21-22H,3-6,11-12H2,1-2H3. The number of benzene rings is 2. The Kier molecular flexibility index (Phi) is 7.09. The number of aliphatic hydroxyl groups is 2. The molecule has 4 nitrogen and oxygen atoms in total. The van der Waals surface area contributed by atoms with Gasteiger partial charge in [-0.2, -0.15) is 0 Å². The van der Waals surface area contributed by atoms with Gasteiger partial charge in [0.2, 0.25) is 0 Å². The van der Waals surface area contributed by atoms with Crippen molar-refractivity contribution in [2.75, 3.05) is 27.4 Å². The van der Waals surface area contributed by atoms with E-state index in [9.17, 15) is 0 Å². The molecule has 0 spiro atoms. The summed E-state index contributed by atoms with van der Waals surface area (Å²) in [5.41, 5.74) is 4.25. The molecule has 0 atom stereocenters. The van der Waals surface area contributed by atoms with Gasteiger partial charge in [-0.05, 0) is 48.9 Å². The molecule has 0 bridgehead atoms. The number of hydrogen-bond donors (Lipinski definition) is 2. The van der Waals surface area contributed by atoms with E-state index in [2.05, 4.69) is 12.1 Å². The van der Waals surface area contributed by atoms with Gasteiger partial charge >= 0.3 is 0 Å². The quantitative estimate of drug-likeness (QED) is 0.741. The lowest BCUT2D eigenvalue weighted by molar-refractivity contribution is 0.288. The van der Waals surface area contributed by atoms with Gasteiger partial charge in [0, 0.05) is 24.3 Å². The normalized spacial score (nSPS) is 10.7. The third-order valence-electron chi connectivity index (χ3n) is 4.07. The van der Waals surface area contributed by atoms with Crippen LogP contribution in [-0.4, -0.2) is 37.6 Å². The average molecular weight is 330 g/mol. The highest BCUT2D eigenvalue weighted by Gasteiger charge is 2.12. The van der Waals surface area contributed by atoms with E-state index in [1.807, 2.05) is 24.3 Å². The first kappa shape index (κ1) is 18.3. The van der Waals surface area contributed by atoms with Gasteiger partial charge in [0.15, 0.2) is 0 Å². The van der Waals surface area contributed by atoms with Crippen LogP contribution in [0.15, 0.2) is 36.4 Å². The fraction of sp³-hybridized carbons (Fsp3) is 0.400. The molecule has 0 saturated heterocycles. The number of ether oxygens (including phenoxy) is 2. The summed E-state index contributed by atoms with van der Waals surface area (Å²) < 4.78 is 11.1. The Morgan fingerprint density at radius 1 is 0.708 bits per heavy atom. The van der Waals surface area contributed by atoms with Gasteiger partial charge in [0.1, 0.15) is 11.5 Å². The smallest absolute Gasteiger partial charge is 0.127 e. The molecule has 2 aromatic carbocycles. The number of aryl methyl sites for hydroxylation is 2. The Balaban J connectivity index is 2.35. The van der Waals surface area contributed by atoms with E-state index in [4.69, 9.17) is 19.7 Å². The second-order valence-corrected chi connectivity index (χ2v) is 5.72. The molecular weight excluding hydrogens is 304 g/mol. The molecule has 4 heteroatoms. The Labute approximate surface area is 143 Å². The molecule has 24 heavy (non-hydrogen) atoms. The summed E-state index contributed by atoms with van der Waals surface area (Å²) in [7, 11) is 3.33. The third kappa shape index (κ3) is 4.49. The highest BCUT2D eigenvalue weighted by Crippen LogP contribution is 2.37. The maximum Gasteiger partial charge on any atom is 0.127 e. The molecular formula is C20H26O4. The van der Waals surface area contributed by atoms with Crippen molar-refractivity contribution in [1.29, 1.82) is 0 Å². The Bertz CT molecular complexity index is 595. The van der Waals surface area contributed by atoms with E-state index in [1.165, 1.54) is 0 Å². The third-order valence-corrected chi connectivity index (χ3v) is 4.07. The fourth-order valence-corrected chi connectivity index (χ4v) is 2.79. The predicted molar refractivity (Wildman–Crippen MR) is 95.8 cm³/mol. The fourth-order valence-electron chi connectivity index (χ4n) is 2.79. The molecule has 0 unspecified atom stereocenters. The summed E-state index contributed by atoms with van der Waals surface area (Å²) >= 11 is 0. The Morgan fingerprint density at radius 3 is 1.46 bits per heavy atom. The van der Waals surface area contributed by atoms with E-state index >= 15 is 0 Å². The molecule has 0 aliphatic heterocycles. The first-order valence-electron chi connectivity index (χ1n) is 8.29. The number of rotatable bonds is 9. The zero-order valence-electron chi connectivity index (χ0n) is 14.4. The molecule has 0 aromatic heterocycles. The van der Waals surface area contributed by atoms with E-state index in [-0.39, 0.29) is 13.2 Å². The van der Waals surface area contributed by atoms with Gasteiger partial charge in [0.25, 0.3) is 0 Å². The van der Waals surface area contributed by atoms with Gasteiger partial charge in [-0.1, -0.05) is 24.3 Å². The molecule has 130 valence electrons. The van der Waals surface area contributed by atoms with Crippen molar-refractivity contribution in [2.45, 2.75) is 25.7 Å². The van der Waals surface area contributed by atoms with Crippen LogP contribution in [0, 0.1) is 0 Å². The van der Waals surface area contributed by atoms with Crippen LogP contribution in [0.1, 0.15) is 24.0 Å². The SMILES string of the molecule is COc1cc(CCCO)ccc1-c1ccc(CCCO)cc1OC. The van der Waals surface area contributed by atoms with Crippen LogP contribution in [0.2, 0.25) is 0 Å². The predicted octanol–water partition coefficient (Wildman–Crippen LogP) is 3.22. The summed E-state index contributed by atoms with van der Waals surface area (Å²) in [6.45, 7) is 0.375. The second-order valence-electron chi connectivity index (χ2n) is 5.72. The van der Waals surface area contributed by atoms with E-state index < -0.39 is 0 Å². The van der Waals surface area contributed by atoms with Crippen molar-refractivity contribution in [3.05, 3.63) is 47.5 Å². The average Bonchev–Trinajstić information content (AvgIpc) is 2.64. The first-order valence-corrected chi connectivity index (χ1v) is 8.29. The highest BCUT2D eigenvalue weighted by molar-refractivity contribution is 5.76. The molecule has 0 aliphatic carbocycles. The van der Waals surface area contributed by atoms with Crippen molar-refractivity contribution in [3.8, 4) is 22.6 Å². The summed E-state index contributed by atoms with van der Waals surface area (Å²) in [6, 6.07) is 12.2. The van der Waals surface area contributed by atoms with Gasteiger partial charge in [-0.25, -0.2) is 0 Å². The monoisotopic (exact) mass is 330 g/mol. The molecule has 0 aliphatic rings. The van der Waals surface area contributed by atoms with Gasteiger partial charge in [-0.15, -0.1) is 0 Å². The van der Waals surface area contributed by atoms with E-state index in [0.29, 0.717) is 0 Å². The van der Waals surface area contributed by atoms with Crippen molar-refractivity contribution in [3.63, 3.8) is 0 Å². The molecule has 2 N–H and O–H groups in total. The molecule has 0 heterocycles. The van der Waals surface area contributed by atoms with Crippen molar-refractivity contribution in [2.24, 2.45) is 0 Å². The summed E-state index contributed by atoms with van der Waals surface area (Å²) in [5.74, 6) is 1.60. The molecule has 2 rings (SSSR count). The van der Waals surface area contributed by atoms with Crippen molar-refractivity contribution >= 4 is 0 Å². The first-order chi connectivity index (χ1) is 11.7. The zero-order chi connectivity index (χ0) is 17.4. The van der Waals surface area contributed by atoms with Crippen LogP contribution >= 0.6 is 0 Å². The Hall–Kier alpha value is -2.04. The van der Waals surface area contributed by atoms with Gasteiger partial charge in [-0.3, -0.25) is 0 Å². The molecule has 0 saturated carbocycles. The van der Waals surface area contributed by atoms with Crippen LogP contribution in [0.3, 0.4) is 0 Å². The zero-order valence-corrected chi connectivity index (χ0v) is 14.4. The molecule has 0 fully saturated rings. The van der Waals surface area contributed by atoms with Gasteiger partial charge < -0.3 is 19.7 Å². The number of methoxy groups -OCH3 is 2. The van der Waals surface area contributed by atoms with Crippen LogP contribution in [-0.2, 0) is 12.8 Å². The van der Waals surface area contributed by atoms with Crippen LogP contribution in [0.25, 0.3) is 11.1 Å². The lowest BCUT2D eigenvalue weighted by atomic mass is 9.98. The summed E-state index contributed by atoms with van der Waals surface area (Å²) in [6.07, 6.45) is 3.13. The lowest BCUT2D eigenvalue weighted by Crippen LogP contribution is -1.96. The number of aliphatic hydroxyl groups excluding tert-OH is 2. The van der Waals surface area contributed by atoms with Crippen molar-refractivity contribution in [1.82, 2.24) is 0 Å². The highest BCUT2D eigenvalue weighted by atomic mass is 16.5. The minimum Gasteiger partial charge on any atom is -0.496 e. The molecule has 0 amide bonds.